The number of fused-ring (bicyclic) bond motifs is 1. The average molecular weight is 460 g/mol. The molecule has 0 bridgehead atoms. The summed E-state index contributed by atoms with van der Waals surface area (Å²) in [5.41, 5.74) is 1.14. The van der Waals surface area contributed by atoms with Gasteiger partial charge in [-0.25, -0.2) is 9.78 Å². The second kappa shape index (κ2) is 10.6. The van der Waals surface area contributed by atoms with Crippen LogP contribution in [0.25, 0.3) is 10.9 Å². The summed E-state index contributed by atoms with van der Waals surface area (Å²) in [5, 5.41) is 21.8. The van der Waals surface area contributed by atoms with Gasteiger partial charge in [0, 0.05) is 50.2 Å². The molecule has 1 aliphatic rings. The maximum Gasteiger partial charge on any atom is 0.336 e. The standard InChI is InChI=1S/C25H25N5O4/c26-9-4-10-29-11-13-30(14-12-29)23-16-21(25(32)33)20-15-18(7-8-22(20)28-23)27-24(31)17-34-19-5-2-1-3-6-19/h1-3,5-8,15-16H,4,10-14,17H2,(H,27,31)(H,32,33). The molecule has 2 N–H and O–H groups in total. The number of nitrogens with one attached hydrogen (secondary N) is 1. The number of carbonyl (C=O) groups excluding carboxylic acids is 1. The first kappa shape index (κ1) is 23.0. The molecule has 0 atom stereocenters. The van der Waals surface area contributed by atoms with Crippen LogP contribution in [0.15, 0.2) is 54.6 Å². The van der Waals surface area contributed by atoms with Crippen molar-refractivity contribution in [2.75, 3.05) is 49.5 Å². The number of nitrogens with zero attached hydrogens (tertiary/aromatic N) is 4. The number of carbonyl (C=O) groups is 2. The van der Waals surface area contributed by atoms with E-state index in [-0.39, 0.29) is 18.1 Å². The molecule has 3 aromatic rings. The molecule has 0 radical (unpaired) electrons. The minimum atomic E-state index is -1.06. The highest BCUT2D eigenvalue weighted by molar-refractivity contribution is 6.05. The van der Waals surface area contributed by atoms with Gasteiger partial charge in [0.2, 0.25) is 0 Å². The van der Waals surface area contributed by atoms with Crippen molar-refractivity contribution < 1.29 is 19.4 Å². The van der Waals surface area contributed by atoms with Crippen LogP contribution in [0, 0.1) is 11.3 Å². The highest BCUT2D eigenvalue weighted by Crippen LogP contribution is 2.27. The van der Waals surface area contributed by atoms with Crippen molar-refractivity contribution in [2.45, 2.75) is 6.42 Å². The Morgan fingerprint density at radius 3 is 2.56 bits per heavy atom. The monoisotopic (exact) mass is 459 g/mol. The summed E-state index contributed by atoms with van der Waals surface area (Å²) in [6.07, 6.45) is 0.495. The number of hydrogen-bond acceptors (Lipinski definition) is 7. The minimum absolute atomic E-state index is 0.128. The van der Waals surface area contributed by atoms with E-state index in [2.05, 4.69) is 26.2 Å². The van der Waals surface area contributed by atoms with Gasteiger partial charge in [0.05, 0.1) is 17.1 Å². The number of hydrogen-bond donors (Lipinski definition) is 2. The van der Waals surface area contributed by atoms with Gasteiger partial charge in [-0.3, -0.25) is 9.69 Å². The summed E-state index contributed by atoms with van der Waals surface area (Å²) >= 11 is 0. The number of anilines is 2. The maximum atomic E-state index is 12.3. The van der Waals surface area contributed by atoms with Crippen LogP contribution in [-0.4, -0.2) is 66.2 Å². The fraction of sp³-hybridized carbons (Fsp3) is 0.280. The molecular weight excluding hydrogens is 434 g/mol. The molecule has 1 fully saturated rings. The van der Waals surface area contributed by atoms with Crippen LogP contribution in [0.3, 0.4) is 0 Å². The van der Waals surface area contributed by atoms with Crippen LogP contribution in [0.2, 0.25) is 0 Å². The molecule has 1 aliphatic heterocycles. The molecule has 9 nitrogen and oxygen atoms in total. The van der Waals surface area contributed by atoms with Crippen LogP contribution in [0.1, 0.15) is 16.8 Å². The number of aromatic carboxylic acids is 1. The lowest BCUT2D eigenvalue weighted by molar-refractivity contribution is -0.118. The molecule has 34 heavy (non-hydrogen) atoms. The van der Waals surface area contributed by atoms with Gasteiger partial charge in [-0.2, -0.15) is 5.26 Å². The molecule has 0 saturated carbocycles. The smallest absolute Gasteiger partial charge is 0.336 e. The Labute approximate surface area is 197 Å². The largest absolute Gasteiger partial charge is 0.484 e. The van der Waals surface area contributed by atoms with E-state index in [4.69, 9.17) is 10.00 Å². The van der Waals surface area contributed by atoms with Crippen molar-refractivity contribution >= 4 is 34.3 Å². The number of rotatable bonds is 8. The van der Waals surface area contributed by atoms with E-state index < -0.39 is 5.97 Å². The summed E-state index contributed by atoms with van der Waals surface area (Å²) in [6, 6.07) is 17.8. The van der Waals surface area contributed by atoms with E-state index >= 15 is 0 Å². The lowest BCUT2D eigenvalue weighted by Crippen LogP contribution is -2.46. The van der Waals surface area contributed by atoms with Gasteiger partial charge in [-0.15, -0.1) is 0 Å². The number of carboxylic acid groups (broad SMARTS) is 1. The molecule has 0 aliphatic carbocycles. The zero-order valence-corrected chi connectivity index (χ0v) is 18.6. The Morgan fingerprint density at radius 2 is 1.85 bits per heavy atom. The van der Waals surface area contributed by atoms with E-state index in [1.54, 1.807) is 36.4 Å². The number of para-hydroxylation sites is 1. The second-order valence-electron chi connectivity index (χ2n) is 7.95. The van der Waals surface area contributed by atoms with Crippen LogP contribution in [0.5, 0.6) is 5.75 Å². The van der Waals surface area contributed by atoms with Crippen LogP contribution in [0.4, 0.5) is 11.5 Å². The Morgan fingerprint density at radius 1 is 1.09 bits per heavy atom. The van der Waals surface area contributed by atoms with Crippen molar-refractivity contribution in [3.63, 3.8) is 0 Å². The van der Waals surface area contributed by atoms with Crippen molar-refractivity contribution in [1.29, 1.82) is 5.26 Å². The Bertz CT molecular complexity index is 1220. The molecule has 9 heteroatoms. The molecule has 0 spiro atoms. The lowest BCUT2D eigenvalue weighted by Gasteiger charge is -2.35. The van der Waals surface area contributed by atoms with Gasteiger partial charge in [0.1, 0.15) is 11.6 Å². The normalized spacial score (nSPS) is 13.9. The number of aromatic nitrogens is 1. The number of pyridine rings is 1. The quantitative estimate of drug-likeness (QED) is 0.528. The first-order valence-electron chi connectivity index (χ1n) is 11.0. The van der Waals surface area contributed by atoms with E-state index in [1.807, 2.05) is 18.2 Å². The number of carboxylic acids is 1. The molecular formula is C25H25N5O4. The number of amides is 1. The number of nitriles is 1. The van der Waals surface area contributed by atoms with Gasteiger partial charge >= 0.3 is 5.97 Å². The summed E-state index contributed by atoms with van der Waals surface area (Å²) in [4.78, 5) is 33.3. The lowest BCUT2D eigenvalue weighted by atomic mass is 10.1. The Hall–Kier alpha value is -4.16. The highest BCUT2D eigenvalue weighted by Gasteiger charge is 2.21. The van der Waals surface area contributed by atoms with Gasteiger partial charge in [0.25, 0.3) is 5.91 Å². The van der Waals surface area contributed by atoms with E-state index in [9.17, 15) is 14.7 Å². The van der Waals surface area contributed by atoms with Crippen molar-refractivity contribution in [2.24, 2.45) is 0 Å². The predicted molar refractivity (Wildman–Crippen MR) is 128 cm³/mol. The fourth-order valence-corrected chi connectivity index (χ4v) is 3.90. The van der Waals surface area contributed by atoms with Crippen molar-refractivity contribution in [1.82, 2.24) is 9.88 Å². The first-order chi connectivity index (χ1) is 16.5. The molecule has 1 amide bonds. The fourth-order valence-electron chi connectivity index (χ4n) is 3.90. The molecule has 1 saturated heterocycles. The number of benzene rings is 2. The van der Waals surface area contributed by atoms with Crippen LogP contribution in [-0.2, 0) is 4.79 Å². The zero-order valence-electron chi connectivity index (χ0n) is 18.6. The molecule has 4 rings (SSSR count). The van der Waals surface area contributed by atoms with E-state index in [0.717, 1.165) is 19.6 Å². The third-order valence-electron chi connectivity index (χ3n) is 5.66. The summed E-state index contributed by atoms with van der Waals surface area (Å²) in [7, 11) is 0. The van der Waals surface area contributed by atoms with E-state index in [0.29, 0.717) is 47.7 Å². The third-order valence-corrected chi connectivity index (χ3v) is 5.66. The van der Waals surface area contributed by atoms with Gasteiger partial charge in [-0.05, 0) is 36.4 Å². The van der Waals surface area contributed by atoms with Crippen molar-refractivity contribution in [3.05, 3.63) is 60.2 Å². The van der Waals surface area contributed by atoms with Crippen LogP contribution >= 0.6 is 0 Å². The molecule has 2 heterocycles. The first-order valence-corrected chi connectivity index (χ1v) is 11.0. The average Bonchev–Trinajstić information content (AvgIpc) is 2.86. The molecule has 174 valence electrons. The second-order valence-corrected chi connectivity index (χ2v) is 7.95. The van der Waals surface area contributed by atoms with E-state index in [1.165, 1.54) is 0 Å². The highest BCUT2D eigenvalue weighted by atomic mass is 16.5. The molecule has 0 unspecified atom stereocenters. The summed E-state index contributed by atoms with van der Waals surface area (Å²) in [6.45, 7) is 3.57. The minimum Gasteiger partial charge on any atom is -0.484 e. The maximum absolute atomic E-state index is 12.3. The van der Waals surface area contributed by atoms with Crippen molar-refractivity contribution in [3.8, 4) is 11.8 Å². The third kappa shape index (κ3) is 5.60. The van der Waals surface area contributed by atoms with Gasteiger partial charge in [0.15, 0.2) is 6.61 Å². The van der Waals surface area contributed by atoms with Crippen LogP contribution < -0.4 is 15.0 Å². The van der Waals surface area contributed by atoms with Gasteiger partial charge < -0.3 is 20.1 Å². The Balaban J connectivity index is 1.48. The zero-order chi connectivity index (χ0) is 23.9. The molecule has 2 aromatic carbocycles. The molecule has 1 aromatic heterocycles. The number of ether oxygens (including phenoxy) is 1. The summed E-state index contributed by atoms with van der Waals surface area (Å²) < 4.78 is 5.46. The summed E-state index contributed by atoms with van der Waals surface area (Å²) in [5.74, 6) is -0.207. The van der Waals surface area contributed by atoms with Gasteiger partial charge in [-0.1, -0.05) is 18.2 Å². The predicted octanol–water partition coefficient (Wildman–Crippen LogP) is 2.99. The Kier molecular flexibility index (Phi) is 7.20. The topological polar surface area (TPSA) is 119 Å². The number of piperazine rings is 1. The SMILES string of the molecule is N#CCCN1CCN(c2cc(C(=O)O)c3cc(NC(=O)COc4ccccc4)ccc3n2)CC1.